The van der Waals surface area contributed by atoms with Gasteiger partial charge in [-0.1, -0.05) is 15.9 Å². The van der Waals surface area contributed by atoms with Crippen LogP contribution in [-0.4, -0.2) is 37.3 Å². The molecule has 0 unspecified atom stereocenters. The molecule has 2 rings (SSSR count). The van der Waals surface area contributed by atoms with Crippen molar-refractivity contribution in [2.75, 3.05) is 26.2 Å². The van der Waals surface area contributed by atoms with E-state index in [1.165, 1.54) is 6.07 Å². The van der Waals surface area contributed by atoms with E-state index in [4.69, 9.17) is 0 Å². The molecule has 8 heteroatoms. The molecule has 1 saturated heterocycles. The van der Waals surface area contributed by atoms with Gasteiger partial charge in [-0.2, -0.15) is 13.2 Å². The van der Waals surface area contributed by atoms with Crippen LogP contribution >= 0.6 is 28.3 Å². The maximum absolute atomic E-state index is 14.1. The lowest BCUT2D eigenvalue weighted by atomic mass is 9.98. The van der Waals surface area contributed by atoms with Crippen LogP contribution in [0.1, 0.15) is 24.4 Å². The molecule has 0 amide bonds. The molecular formula is C14H18BrClF4N2. The predicted octanol–water partition coefficient (Wildman–Crippen LogP) is 4.30. The molecule has 1 aliphatic rings. The molecule has 1 aromatic carbocycles. The summed E-state index contributed by atoms with van der Waals surface area (Å²) >= 11 is 3.26. The fraction of sp³-hybridized carbons (Fsp3) is 0.571. The molecule has 1 aromatic rings. The summed E-state index contributed by atoms with van der Waals surface area (Å²) < 4.78 is 52.4. The number of benzene rings is 1. The van der Waals surface area contributed by atoms with Gasteiger partial charge in [0.25, 0.3) is 0 Å². The van der Waals surface area contributed by atoms with Crippen molar-refractivity contribution >= 4 is 28.3 Å². The molecule has 0 saturated carbocycles. The van der Waals surface area contributed by atoms with Crippen LogP contribution in [-0.2, 0) is 0 Å². The minimum Gasteiger partial charge on any atom is -0.314 e. The topological polar surface area (TPSA) is 15.3 Å². The van der Waals surface area contributed by atoms with E-state index >= 15 is 0 Å². The van der Waals surface area contributed by atoms with E-state index in [0.29, 0.717) is 36.2 Å². The summed E-state index contributed by atoms with van der Waals surface area (Å²) in [6.07, 6.45) is -5.26. The monoisotopic (exact) mass is 404 g/mol. The highest BCUT2D eigenvalue weighted by atomic mass is 79.9. The number of hydrogen-bond acceptors (Lipinski definition) is 2. The van der Waals surface area contributed by atoms with E-state index in [-0.39, 0.29) is 18.8 Å². The van der Waals surface area contributed by atoms with E-state index in [0.717, 1.165) is 0 Å². The minimum absolute atomic E-state index is 0. The molecule has 1 heterocycles. The minimum atomic E-state index is -4.23. The van der Waals surface area contributed by atoms with E-state index < -0.39 is 24.5 Å². The Labute approximate surface area is 141 Å². The van der Waals surface area contributed by atoms with Crippen LogP contribution in [0.25, 0.3) is 0 Å². The number of hydrogen-bond donors (Lipinski definition) is 1. The highest BCUT2D eigenvalue weighted by Crippen LogP contribution is 2.34. The Morgan fingerprint density at radius 1 is 1.23 bits per heavy atom. The van der Waals surface area contributed by atoms with Crippen LogP contribution in [0.5, 0.6) is 0 Å². The number of piperazine rings is 1. The highest BCUT2D eigenvalue weighted by molar-refractivity contribution is 9.10. The third-order valence-electron chi connectivity index (χ3n) is 3.61. The van der Waals surface area contributed by atoms with Gasteiger partial charge in [0.2, 0.25) is 0 Å². The van der Waals surface area contributed by atoms with Crippen LogP contribution in [0.2, 0.25) is 0 Å². The Balaban J connectivity index is 0.00000242. The van der Waals surface area contributed by atoms with Gasteiger partial charge in [-0.3, -0.25) is 4.90 Å². The molecule has 0 radical (unpaired) electrons. The molecular weight excluding hydrogens is 388 g/mol. The highest BCUT2D eigenvalue weighted by Gasteiger charge is 2.32. The molecule has 0 aliphatic carbocycles. The summed E-state index contributed by atoms with van der Waals surface area (Å²) in [5.41, 5.74) is 0.329. The normalized spacial score (nSPS) is 17.9. The first-order chi connectivity index (χ1) is 9.87. The second-order valence-electron chi connectivity index (χ2n) is 5.12. The summed E-state index contributed by atoms with van der Waals surface area (Å²) in [6, 6.07) is 3.88. The summed E-state index contributed by atoms with van der Waals surface area (Å²) in [7, 11) is 0. The van der Waals surface area contributed by atoms with Crippen molar-refractivity contribution in [3.63, 3.8) is 0 Å². The van der Waals surface area contributed by atoms with Gasteiger partial charge in [-0.15, -0.1) is 12.4 Å². The molecule has 0 spiro atoms. The lowest BCUT2D eigenvalue weighted by Gasteiger charge is -2.35. The smallest absolute Gasteiger partial charge is 0.314 e. The number of halogens is 6. The Morgan fingerprint density at radius 2 is 1.86 bits per heavy atom. The van der Waals surface area contributed by atoms with Crippen molar-refractivity contribution in [2.45, 2.75) is 25.1 Å². The third kappa shape index (κ3) is 5.68. The first-order valence-corrected chi connectivity index (χ1v) is 7.62. The van der Waals surface area contributed by atoms with Crippen molar-refractivity contribution in [1.82, 2.24) is 10.2 Å². The number of nitrogens with one attached hydrogen (secondary N) is 1. The zero-order chi connectivity index (χ0) is 15.5. The van der Waals surface area contributed by atoms with Crippen LogP contribution in [0.4, 0.5) is 17.6 Å². The average Bonchev–Trinajstić information content (AvgIpc) is 2.43. The zero-order valence-electron chi connectivity index (χ0n) is 11.8. The molecule has 0 aromatic heterocycles. The molecule has 0 bridgehead atoms. The lowest BCUT2D eigenvalue weighted by molar-refractivity contribution is -0.138. The van der Waals surface area contributed by atoms with Crippen LogP contribution < -0.4 is 5.32 Å². The SMILES string of the molecule is Cl.Fc1ccc(Br)cc1[C@@H](CCC(F)(F)F)N1CCNCC1. The third-order valence-corrected chi connectivity index (χ3v) is 4.10. The van der Waals surface area contributed by atoms with Crippen molar-refractivity contribution in [1.29, 1.82) is 0 Å². The predicted molar refractivity (Wildman–Crippen MR) is 83.8 cm³/mol. The van der Waals surface area contributed by atoms with E-state index in [2.05, 4.69) is 21.2 Å². The quantitative estimate of drug-likeness (QED) is 0.752. The molecule has 1 atom stereocenters. The van der Waals surface area contributed by atoms with E-state index in [9.17, 15) is 17.6 Å². The number of rotatable bonds is 4. The van der Waals surface area contributed by atoms with Gasteiger partial charge in [0, 0.05) is 48.7 Å². The van der Waals surface area contributed by atoms with Gasteiger partial charge < -0.3 is 5.32 Å². The summed E-state index contributed by atoms with van der Waals surface area (Å²) in [6.45, 7) is 2.65. The standard InChI is InChI=1S/C14H17BrF4N2.ClH/c15-10-1-2-12(16)11(9-10)13(3-4-14(17,18)19)21-7-5-20-6-8-21;/h1-2,9,13,20H,3-8H2;1H/t13-;/m1./s1. The molecule has 1 fully saturated rings. The average molecular weight is 406 g/mol. The fourth-order valence-electron chi connectivity index (χ4n) is 2.60. The zero-order valence-corrected chi connectivity index (χ0v) is 14.2. The van der Waals surface area contributed by atoms with E-state index in [1.807, 2.05) is 4.90 Å². The van der Waals surface area contributed by atoms with Crippen molar-refractivity contribution in [3.8, 4) is 0 Å². The second-order valence-corrected chi connectivity index (χ2v) is 6.04. The lowest BCUT2D eigenvalue weighted by Crippen LogP contribution is -2.45. The Bertz CT molecular complexity index is 478. The first kappa shape index (κ1) is 19.7. The molecule has 1 aliphatic heterocycles. The van der Waals surface area contributed by atoms with Crippen LogP contribution in [0.15, 0.2) is 22.7 Å². The van der Waals surface area contributed by atoms with Gasteiger partial charge in [-0.25, -0.2) is 4.39 Å². The summed E-state index contributed by atoms with van der Waals surface area (Å²) in [5.74, 6) is -0.455. The Hall–Kier alpha value is -0.370. The Kier molecular flexibility index (Phi) is 7.58. The fourth-order valence-corrected chi connectivity index (χ4v) is 2.98. The van der Waals surface area contributed by atoms with Crippen LogP contribution in [0, 0.1) is 5.82 Å². The molecule has 126 valence electrons. The number of nitrogens with zero attached hydrogens (tertiary/aromatic N) is 1. The molecule has 2 nitrogen and oxygen atoms in total. The second kappa shape index (κ2) is 8.47. The van der Waals surface area contributed by atoms with E-state index in [1.54, 1.807) is 12.1 Å². The van der Waals surface area contributed by atoms with Gasteiger partial charge >= 0.3 is 6.18 Å². The number of alkyl halides is 3. The van der Waals surface area contributed by atoms with Crippen LogP contribution in [0.3, 0.4) is 0 Å². The maximum atomic E-state index is 14.1. The Morgan fingerprint density at radius 3 is 2.45 bits per heavy atom. The van der Waals surface area contributed by atoms with Crippen molar-refractivity contribution in [2.24, 2.45) is 0 Å². The van der Waals surface area contributed by atoms with Crippen molar-refractivity contribution in [3.05, 3.63) is 34.1 Å². The van der Waals surface area contributed by atoms with Gasteiger partial charge in [0.15, 0.2) is 0 Å². The van der Waals surface area contributed by atoms with Gasteiger partial charge in [0.1, 0.15) is 5.82 Å². The molecule has 22 heavy (non-hydrogen) atoms. The molecule has 1 N–H and O–H groups in total. The summed E-state index contributed by atoms with van der Waals surface area (Å²) in [4.78, 5) is 1.92. The first-order valence-electron chi connectivity index (χ1n) is 6.83. The van der Waals surface area contributed by atoms with Gasteiger partial charge in [-0.05, 0) is 24.6 Å². The maximum Gasteiger partial charge on any atom is 0.389 e. The van der Waals surface area contributed by atoms with Gasteiger partial charge in [0.05, 0.1) is 0 Å². The largest absolute Gasteiger partial charge is 0.389 e. The summed E-state index contributed by atoms with van der Waals surface area (Å²) in [5, 5.41) is 3.15. The van der Waals surface area contributed by atoms with Crippen molar-refractivity contribution < 1.29 is 17.6 Å².